The Labute approximate surface area is 131 Å². The van der Waals surface area contributed by atoms with Crippen LogP contribution in [0.4, 0.5) is 0 Å². The summed E-state index contributed by atoms with van der Waals surface area (Å²) in [6.45, 7) is 0. The van der Waals surface area contributed by atoms with E-state index in [0.717, 1.165) is 0 Å². The molecule has 0 bridgehead atoms. The van der Waals surface area contributed by atoms with Crippen molar-refractivity contribution in [3.8, 4) is 22.8 Å². The van der Waals surface area contributed by atoms with Gasteiger partial charge in [-0.05, 0) is 24.3 Å². The Kier molecular flexibility index (Phi) is 3.80. The lowest BCUT2D eigenvalue weighted by Gasteiger charge is -2.07. The molecule has 0 unspecified atom stereocenters. The van der Waals surface area contributed by atoms with Gasteiger partial charge in [-0.3, -0.25) is 9.78 Å². The Morgan fingerprint density at radius 2 is 1.77 bits per heavy atom. The van der Waals surface area contributed by atoms with Crippen molar-refractivity contribution in [1.82, 2.24) is 15.0 Å². The van der Waals surface area contributed by atoms with Crippen LogP contribution in [0.1, 0.15) is 10.5 Å². The predicted octanol–water partition coefficient (Wildman–Crippen LogP) is 2.96. The van der Waals surface area contributed by atoms with Gasteiger partial charge >= 0.3 is 0 Å². The van der Waals surface area contributed by atoms with E-state index < -0.39 is 5.91 Å². The Balaban J connectivity index is 2.21. The van der Waals surface area contributed by atoms with Gasteiger partial charge < -0.3 is 5.73 Å². The fourth-order valence-electron chi connectivity index (χ4n) is 1.99. The molecule has 3 rings (SSSR count). The number of primary amides is 1. The number of aromatic nitrogens is 3. The first kappa shape index (κ1) is 14.2. The molecule has 0 saturated heterocycles. The second-order valence-electron chi connectivity index (χ2n) is 4.52. The van der Waals surface area contributed by atoms with Crippen LogP contribution in [0.5, 0.6) is 0 Å². The van der Waals surface area contributed by atoms with Crippen LogP contribution in [0.3, 0.4) is 0 Å². The molecule has 2 aromatic heterocycles. The highest BCUT2D eigenvalue weighted by Crippen LogP contribution is 2.27. The second-order valence-corrected chi connectivity index (χ2v) is 4.93. The molecule has 5 nitrogen and oxygen atoms in total. The van der Waals surface area contributed by atoms with E-state index in [9.17, 15) is 4.79 Å². The van der Waals surface area contributed by atoms with Gasteiger partial charge in [0, 0.05) is 16.8 Å². The molecule has 2 heterocycles. The first-order valence-electron chi connectivity index (χ1n) is 6.50. The normalized spacial score (nSPS) is 10.4. The molecule has 1 amide bonds. The molecule has 0 spiro atoms. The lowest BCUT2D eigenvalue weighted by molar-refractivity contribution is 0.0995. The third-order valence-corrected chi connectivity index (χ3v) is 3.35. The SMILES string of the molecule is NC(=O)c1cc(-c2ccccc2Cl)nc(-c2ccccn2)n1. The van der Waals surface area contributed by atoms with Gasteiger partial charge in [-0.1, -0.05) is 35.9 Å². The van der Waals surface area contributed by atoms with Crippen LogP contribution < -0.4 is 5.73 Å². The molecular formula is C16H11ClN4O. The molecule has 1 aromatic carbocycles. The lowest BCUT2D eigenvalue weighted by Crippen LogP contribution is -2.14. The Hall–Kier alpha value is -2.79. The van der Waals surface area contributed by atoms with Gasteiger partial charge in [-0.25, -0.2) is 9.97 Å². The molecule has 6 heteroatoms. The van der Waals surface area contributed by atoms with Crippen LogP contribution in [0.2, 0.25) is 5.02 Å². The van der Waals surface area contributed by atoms with E-state index in [0.29, 0.717) is 27.8 Å². The van der Waals surface area contributed by atoms with Crippen LogP contribution in [0.15, 0.2) is 54.7 Å². The number of carbonyl (C=O) groups excluding carboxylic acids is 1. The Bertz CT molecular complexity index is 837. The van der Waals surface area contributed by atoms with Crippen LogP contribution >= 0.6 is 11.6 Å². The summed E-state index contributed by atoms with van der Waals surface area (Å²) in [7, 11) is 0. The van der Waals surface area contributed by atoms with E-state index in [4.69, 9.17) is 17.3 Å². The van der Waals surface area contributed by atoms with Crippen molar-refractivity contribution >= 4 is 17.5 Å². The molecule has 22 heavy (non-hydrogen) atoms. The summed E-state index contributed by atoms with van der Waals surface area (Å²) in [4.78, 5) is 24.3. The predicted molar refractivity (Wildman–Crippen MR) is 84.2 cm³/mol. The highest BCUT2D eigenvalue weighted by molar-refractivity contribution is 6.33. The summed E-state index contributed by atoms with van der Waals surface area (Å²) in [6.07, 6.45) is 1.63. The first-order valence-corrected chi connectivity index (χ1v) is 6.88. The third kappa shape index (κ3) is 2.80. The smallest absolute Gasteiger partial charge is 0.267 e. The number of rotatable bonds is 3. The zero-order valence-electron chi connectivity index (χ0n) is 11.4. The van der Waals surface area contributed by atoms with Crippen LogP contribution in [-0.4, -0.2) is 20.9 Å². The number of carbonyl (C=O) groups is 1. The molecular weight excluding hydrogens is 300 g/mol. The minimum atomic E-state index is -0.632. The number of halogens is 1. The van der Waals surface area contributed by atoms with E-state index in [-0.39, 0.29) is 5.69 Å². The zero-order valence-corrected chi connectivity index (χ0v) is 12.2. The van der Waals surface area contributed by atoms with Gasteiger partial charge in [0.05, 0.1) is 5.69 Å². The van der Waals surface area contributed by atoms with Crippen LogP contribution in [0.25, 0.3) is 22.8 Å². The fourth-order valence-corrected chi connectivity index (χ4v) is 2.22. The van der Waals surface area contributed by atoms with Gasteiger partial charge in [0.25, 0.3) is 5.91 Å². The first-order chi connectivity index (χ1) is 10.6. The molecule has 0 aliphatic carbocycles. The lowest BCUT2D eigenvalue weighted by atomic mass is 10.1. The average Bonchev–Trinajstić information content (AvgIpc) is 2.55. The van der Waals surface area contributed by atoms with Crippen LogP contribution in [0, 0.1) is 0 Å². The number of nitrogens with zero attached hydrogens (tertiary/aromatic N) is 3. The standard InChI is InChI=1S/C16H11ClN4O/c17-11-6-2-1-5-10(11)13-9-14(15(18)22)21-16(20-13)12-7-3-4-8-19-12/h1-9H,(H2,18,22). The monoisotopic (exact) mass is 310 g/mol. The van der Waals surface area contributed by atoms with Crippen molar-refractivity contribution in [2.24, 2.45) is 5.73 Å². The quantitative estimate of drug-likeness (QED) is 0.806. The van der Waals surface area contributed by atoms with Crippen molar-refractivity contribution < 1.29 is 4.79 Å². The number of hydrogen-bond acceptors (Lipinski definition) is 4. The van der Waals surface area contributed by atoms with Gasteiger partial charge in [0.15, 0.2) is 5.82 Å². The molecule has 0 aliphatic rings. The molecule has 108 valence electrons. The number of hydrogen-bond donors (Lipinski definition) is 1. The summed E-state index contributed by atoms with van der Waals surface area (Å²) in [6, 6.07) is 14.1. The van der Waals surface area contributed by atoms with Crippen molar-refractivity contribution in [1.29, 1.82) is 0 Å². The van der Waals surface area contributed by atoms with E-state index >= 15 is 0 Å². The van der Waals surface area contributed by atoms with Crippen molar-refractivity contribution in [3.63, 3.8) is 0 Å². The van der Waals surface area contributed by atoms with Gasteiger partial charge in [0.1, 0.15) is 11.4 Å². The molecule has 0 fully saturated rings. The van der Waals surface area contributed by atoms with Crippen molar-refractivity contribution in [2.45, 2.75) is 0 Å². The van der Waals surface area contributed by atoms with E-state index in [1.54, 1.807) is 24.4 Å². The molecule has 0 atom stereocenters. The summed E-state index contributed by atoms with van der Waals surface area (Å²) < 4.78 is 0. The highest BCUT2D eigenvalue weighted by Gasteiger charge is 2.13. The fraction of sp³-hybridized carbons (Fsp3) is 0. The number of benzene rings is 1. The molecule has 0 saturated carbocycles. The summed E-state index contributed by atoms with van der Waals surface area (Å²) in [5.41, 5.74) is 7.26. The van der Waals surface area contributed by atoms with Gasteiger partial charge in [0.2, 0.25) is 0 Å². The number of amides is 1. The highest BCUT2D eigenvalue weighted by atomic mass is 35.5. The maximum atomic E-state index is 11.5. The zero-order chi connectivity index (χ0) is 15.5. The number of pyridine rings is 1. The molecule has 0 radical (unpaired) electrons. The average molecular weight is 311 g/mol. The second kappa shape index (κ2) is 5.91. The maximum absolute atomic E-state index is 11.5. The van der Waals surface area contributed by atoms with Crippen molar-refractivity contribution in [3.05, 3.63) is 65.4 Å². The van der Waals surface area contributed by atoms with Crippen LogP contribution in [-0.2, 0) is 0 Å². The molecule has 2 N–H and O–H groups in total. The molecule has 0 aliphatic heterocycles. The van der Waals surface area contributed by atoms with Gasteiger partial charge in [-0.2, -0.15) is 0 Å². The summed E-state index contributed by atoms with van der Waals surface area (Å²) in [5, 5.41) is 0.531. The van der Waals surface area contributed by atoms with Crippen molar-refractivity contribution in [2.75, 3.05) is 0 Å². The molecule has 3 aromatic rings. The van der Waals surface area contributed by atoms with E-state index in [1.165, 1.54) is 6.07 Å². The summed E-state index contributed by atoms with van der Waals surface area (Å²) >= 11 is 6.20. The van der Waals surface area contributed by atoms with E-state index in [1.807, 2.05) is 24.3 Å². The van der Waals surface area contributed by atoms with Gasteiger partial charge in [-0.15, -0.1) is 0 Å². The topological polar surface area (TPSA) is 81.8 Å². The number of nitrogens with two attached hydrogens (primary N) is 1. The van der Waals surface area contributed by atoms with E-state index in [2.05, 4.69) is 15.0 Å². The maximum Gasteiger partial charge on any atom is 0.267 e. The third-order valence-electron chi connectivity index (χ3n) is 3.02. The minimum Gasteiger partial charge on any atom is -0.364 e. The Morgan fingerprint density at radius 1 is 1.00 bits per heavy atom. The largest absolute Gasteiger partial charge is 0.364 e. The Morgan fingerprint density at radius 3 is 2.45 bits per heavy atom. The minimum absolute atomic E-state index is 0.116. The summed E-state index contributed by atoms with van der Waals surface area (Å²) in [5.74, 6) is -0.306.